The van der Waals surface area contributed by atoms with Crippen LogP contribution in [0.3, 0.4) is 0 Å². The number of amides is 1. The Morgan fingerprint density at radius 3 is 2.81 bits per heavy atom. The maximum atomic E-state index is 11.5. The van der Waals surface area contributed by atoms with Crippen molar-refractivity contribution in [3.05, 3.63) is 35.9 Å². The van der Waals surface area contributed by atoms with Crippen LogP contribution in [0.1, 0.15) is 12.5 Å². The van der Waals surface area contributed by atoms with E-state index in [0.29, 0.717) is 12.6 Å². The molecule has 86 valence electrons. The number of hydrogen-bond donors (Lipinski definition) is 1. The van der Waals surface area contributed by atoms with Crippen LogP contribution in [-0.4, -0.2) is 36.5 Å². The first-order valence-electron chi connectivity index (χ1n) is 5.84. The van der Waals surface area contributed by atoms with Crippen LogP contribution in [0.25, 0.3) is 0 Å². The fraction of sp³-hybridized carbons (Fsp3) is 0.462. The Bertz CT molecular complexity index is 350. The zero-order valence-electron chi connectivity index (χ0n) is 9.65. The van der Waals surface area contributed by atoms with Crippen molar-refractivity contribution >= 4 is 5.91 Å². The van der Waals surface area contributed by atoms with Gasteiger partial charge in [-0.2, -0.15) is 0 Å². The van der Waals surface area contributed by atoms with E-state index in [0.717, 1.165) is 19.5 Å². The number of carbonyl (C=O) groups is 1. The molecule has 1 unspecified atom stereocenters. The molecule has 16 heavy (non-hydrogen) atoms. The normalized spacial score (nSPS) is 21.2. The lowest BCUT2D eigenvalue weighted by molar-refractivity contribution is -0.132. The lowest BCUT2D eigenvalue weighted by Gasteiger charge is -2.32. The summed E-state index contributed by atoms with van der Waals surface area (Å²) in [5, 5.41) is 3.29. The molecule has 1 atom stereocenters. The number of benzene rings is 1. The molecule has 1 aromatic rings. The standard InChI is InChI=1S/C13H18N2O/c1-2-15-10-12(14-9-13(15)16)8-11-6-4-3-5-7-11/h3-7,12,14H,2,8-10H2,1H3. The summed E-state index contributed by atoms with van der Waals surface area (Å²) in [5.74, 6) is 0.215. The third kappa shape index (κ3) is 2.61. The van der Waals surface area contributed by atoms with E-state index in [4.69, 9.17) is 0 Å². The first-order chi connectivity index (χ1) is 7.79. The van der Waals surface area contributed by atoms with Crippen LogP contribution in [-0.2, 0) is 11.2 Å². The van der Waals surface area contributed by atoms with Crippen molar-refractivity contribution in [3.8, 4) is 0 Å². The predicted octanol–water partition coefficient (Wildman–Crippen LogP) is 1.05. The minimum absolute atomic E-state index is 0.215. The monoisotopic (exact) mass is 218 g/mol. The fourth-order valence-corrected chi connectivity index (χ4v) is 2.12. The summed E-state index contributed by atoms with van der Waals surface area (Å²) in [5.41, 5.74) is 1.32. The Balaban J connectivity index is 1.94. The van der Waals surface area contributed by atoms with E-state index in [9.17, 15) is 4.79 Å². The summed E-state index contributed by atoms with van der Waals surface area (Å²) in [4.78, 5) is 13.4. The molecule has 1 amide bonds. The number of nitrogens with zero attached hydrogens (tertiary/aromatic N) is 1. The highest BCUT2D eigenvalue weighted by molar-refractivity contribution is 5.79. The topological polar surface area (TPSA) is 32.3 Å². The predicted molar refractivity (Wildman–Crippen MR) is 64.2 cm³/mol. The molecule has 3 heteroatoms. The quantitative estimate of drug-likeness (QED) is 0.822. The number of hydrogen-bond acceptors (Lipinski definition) is 2. The summed E-state index contributed by atoms with van der Waals surface area (Å²) in [6.07, 6.45) is 0.991. The van der Waals surface area contributed by atoms with Crippen molar-refractivity contribution in [2.75, 3.05) is 19.6 Å². The summed E-state index contributed by atoms with van der Waals surface area (Å²) in [6, 6.07) is 10.8. The maximum Gasteiger partial charge on any atom is 0.236 e. The first-order valence-corrected chi connectivity index (χ1v) is 5.84. The Morgan fingerprint density at radius 2 is 2.12 bits per heavy atom. The molecule has 2 rings (SSSR count). The van der Waals surface area contributed by atoms with E-state index in [1.807, 2.05) is 17.9 Å². The SMILES string of the molecule is CCN1CC(Cc2ccccc2)NCC1=O. The second-order valence-electron chi connectivity index (χ2n) is 4.20. The zero-order valence-corrected chi connectivity index (χ0v) is 9.65. The molecule has 1 saturated heterocycles. The molecule has 0 saturated carbocycles. The van der Waals surface area contributed by atoms with Crippen LogP contribution in [0.5, 0.6) is 0 Å². The van der Waals surface area contributed by atoms with Gasteiger partial charge in [0.05, 0.1) is 6.54 Å². The van der Waals surface area contributed by atoms with Gasteiger partial charge in [-0.15, -0.1) is 0 Å². The molecule has 1 aliphatic rings. The Kier molecular flexibility index (Phi) is 3.57. The molecular formula is C13H18N2O. The smallest absolute Gasteiger partial charge is 0.236 e. The van der Waals surface area contributed by atoms with Crippen LogP contribution in [0.15, 0.2) is 30.3 Å². The number of nitrogens with one attached hydrogen (secondary N) is 1. The van der Waals surface area contributed by atoms with E-state index in [1.54, 1.807) is 0 Å². The third-order valence-electron chi connectivity index (χ3n) is 3.04. The van der Waals surface area contributed by atoms with Gasteiger partial charge in [-0.05, 0) is 18.9 Å². The van der Waals surface area contributed by atoms with E-state index in [-0.39, 0.29) is 5.91 Å². The molecule has 3 nitrogen and oxygen atoms in total. The van der Waals surface area contributed by atoms with E-state index in [1.165, 1.54) is 5.56 Å². The molecule has 0 aromatic heterocycles. The summed E-state index contributed by atoms with van der Waals surface area (Å²) < 4.78 is 0. The molecule has 1 aromatic carbocycles. The van der Waals surface area contributed by atoms with E-state index in [2.05, 4.69) is 29.6 Å². The average molecular weight is 218 g/mol. The Labute approximate surface area is 96.5 Å². The molecular weight excluding hydrogens is 200 g/mol. The van der Waals surface area contributed by atoms with Crippen molar-refractivity contribution in [1.82, 2.24) is 10.2 Å². The Hall–Kier alpha value is -1.35. The van der Waals surface area contributed by atoms with Crippen molar-refractivity contribution in [2.24, 2.45) is 0 Å². The second kappa shape index (κ2) is 5.12. The first kappa shape index (κ1) is 11.1. The summed E-state index contributed by atoms with van der Waals surface area (Å²) in [7, 11) is 0. The number of likely N-dealkylation sites (N-methyl/N-ethyl adjacent to an activating group) is 1. The fourth-order valence-electron chi connectivity index (χ4n) is 2.12. The van der Waals surface area contributed by atoms with Crippen LogP contribution in [0.4, 0.5) is 0 Å². The van der Waals surface area contributed by atoms with Crippen LogP contribution in [0.2, 0.25) is 0 Å². The van der Waals surface area contributed by atoms with E-state index >= 15 is 0 Å². The van der Waals surface area contributed by atoms with Crippen LogP contribution in [0, 0.1) is 0 Å². The van der Waals surface area contributed by atoms with Gasteiger partial charge < -0.3 is 10.2 Å². The third-order valence-corrected chi connectivity index (χ3v) is 3.04. The molecule has 0 radical (unpaired) electrons. The van der Waals surface area contributed by atoms with Gasteiger partial charge >= 0.3 is 0 Å². The van der Waals surface area contributed by atoms with Crippen molar-refractivity contribution < 1.29 is 4.79 Å². The highest BCUT2D eigenvalue weighted by Crippen LogP contribution is 2.07. The average Bonchev–Trinajstić information content (AvgIpc) is 2.33. The lowest BCUT2D eigenvalue weighted by Crippen LogP contribution is -2.54. The van der Waals surface area contributed by atoms with Gasteiger partial charge in [-0.1, -0.05) is 30.3 Å². The molecule has 0 spiro atoms. The molecule has 1 N–H and O–H groups in total. The molecule has 0 aliphatic carbocycles. The molecule has 1 aliphatic heterocycles. The Morgan fingerprint density at radius 1 is 1.38 bits per heavy atom. The molecule has 1 fully saturated rings. The zero-order chi connectivity index (χ0) is 11.4. The van der Waals surface area contributed by atoms with Gasteiger partial charge in [0.2, 0.25) is 5.91 Å². The van der Waals surface area contributed by atoms with Gasteiger partial charge in [0, 0.05) is 19.1 Å². The molecule has 0 bridgehead atoms. The second-order valence-corrected chi connectivity index (χ2v) is 4.20. The number of piperazine rings is 1. The van der Waals surface area contributed by atoms with Gasteiger partial charge in [-0.3, -0.25) is 4.79 Å². The number of carbonyl (C=O) groups excluding carboxylic acids is 1. The summed E-state index contributed by atoms with van der Waals surface area (Å²) >= 11 is 0. The van der Waals surface area contributed by atoms with Crippen molar-refractivity contribution in [2.45, 2.75) is 19.4 Å². The minimum atomic E-state index is 0.215. The van der Waals surface area contributed by atoms with Crippen molar-refractivity contribution in [1.29, 1.82) is 0 Å². The van der Waals surface area contributed by atoms with Gasteiger partial charge in [0.1, 0.15) is 0 Å². The largest absolute Gasteiger partial charge is 0.340 e. The highest BCUT2D eigenvalue weighted by Gasteiger charge is 2.23. The number of rotatable bonds is 3. The van der Waals surface area contributed by atoms with Gasteiger partial charge in [0.15, 0.2) is 0 Å². The van der Waals surface area contributed by atoms with Crippen LogP contribution < -0.4 is 5.32 Å². The minimum Gasteiger partial charge on any atom is -0.340 e. The van der Waals surface area contributed by atoms with Gasteiger partial charge in [0.25, 0.3) is 0 Å². The van der Waals surface area contributed by atoms with E-state index < -0.39 is 0 Å². The van der Waals surface area contributed by atoms with Crippen LogP contribution >= 0.6 is 0 Å². The van der Waals surface area contributed by atoms with Crippen molar-refractivity contribution in [3.63, 3.8) is 0 Å². The lowest BCUT2D eigenvalue weighted by atomic mass is 10.0. The van der Waals surface area contributed by atoms with Gasteiger partial charge in [-0.25, -0.2) is 0 Å². The summed E-state index contributed by atoms with van der Waals surface area (Å²) in [6.45, 7) is 4.14. The molecule has 1 heterocycles. The maximum absolute atomic E-state index is 11.5. The highest BCUT2D eigenvalue weighted by atomic mass is 16.2.